The number of carbonyl (C=O) groups is 1. The first-order valence-corrected chi connectivity index (χ1v) is 12.6. The molecular weight excluding hydrogens is 406 g/mol. The van der Waals surface area contributed by atoms with Crippen molar-refractivity contribution in [2.45, 2.75) is 25.3 Å². The summed E-state index contributed by atoms with van der Waals surface area (Å²) in [5.74, 6) is -0.349. The van der Waals surface area contributed by atoms with Crippen LogP contribution in [0.25, 0.3) is 0 Å². The predicted octanol–water partition coefficient (Wildman–Crippen LogP) is 3.34. The van der Waals surface area contributed by atoms with E-state index in [2.05, 4.69) is 24.1 Å². The zero-order chi connectivity index (χ0) is 21.4. The first kappa shape index (κ1) is 23.1. The van der Waals surface area contributed by atoms with Gasteiger partial charge < -0.3 is 10.2 Å². The second kappa shape index (κ2) is 10.5. The van der Waals surface area contributed by atoms with Crippen molar-refractivity contribution >= 4 is 39.1 Å². The van der Waals surface area contributed by atoms with Crippen LogP contribution in [0.2, 0.25) is 0 Å². The maximum atomic E-state index is 12.4. The molecule has 0 saturated carbocycles. The Morgan fingerprint density at radius 3 is 2.24 bits per heavy atom. The van der Waals surface area contributed by atoms with Gasteiger partial charge in [0.15, 0.2) is 0 Å². The number of benzene rings is 2. The summed E-state index contributed by atoms with van der Waals surface area (Å²) in [6, 6.07) is 15.2. The van der Waals surface area contributed by atoms with E-state index in [0.717, 1.165) is 39.8 Å². The van der Waals surface area contributed by atoms with Crippen LogP contribution in [0.1, 0.15) is 19.4 Å². The number of nitrogens with one attached hydrogen (secondary N) is 1. The Morgan fingerprint density at radius 1 is 1.03 bits per heavy atom. The summed E-state index contributed by atoms with van der Waals surface area (Å²) in [7, 11) is -3.58. The van der Waals surface area contributed by atoms with Crippen LogP contribution in [-0.4, -0.2) is 46.5 Å². The van der Waals surface area contributed by atoms with Gasteiger partial charge in [-0.2, -0.15) is 0 Å². The molecule has 0 heterocycles. The maximum absolute atomic E-state index is 12.4. The molecule has 158 valence electrons. The molecule has 0 aromatic heterocycles. The van der Waals surface area contributed by atoms with E-state index >= 15 is 0 Å². The number of amides is 1. The number of hydrogen-bond donors (Lipinski definition) is 1. The zero-order valence-corrected chi connectivity index (χ0v) is 19.0. The van der Waals surface area contributed by atoms with Crippen LogP contribution in [-0.2, 0) is 21.4 Å². The van der Waals surface area contributed by atoms with E-state index in [1.807, 2.05) is 36.6 Å². The SMILES string of the molecule is CCN(CC)c1ccc(CNC(=O)CN(c2cccc(SC)c2)S(C)(=O)=O)cc1. The average Bonchev–Trinajstić information content (AvgIpc) is 2.71. The van der Waals surface area contributed by atoms with Crippen molar-refractivity contribution in [3.63, 3.8) is 0 Å². The standard InChI is InChI=1S/C21H29N3O3S2/c1-5-23(6-2)18-12-10-17(11-13-18)15-22-21(25)16-24(29(4,26)27)19-8-7-9-20(14-19)28-3/h7-14H,5-6,15-16H2,1-4H3,(H,22,25). The molecular formula is C21H29N3O3S2. The van der Waals surface area contributed by atoms with Crippen molar-refractivity contribution in [3.05, 3.63) is 54.1 Å². The van der Waals surface area contributed by atoms with E-state index in [-0.39, 0.29) is 12.5 Å². The fraction of sp³-hybridized carbons (Fsp3) is 0.381. The van der Waals surface area contributed by atoms with Crippen molar-refractivity contribution in [2.24, 2.45) is 0 Å². The zero-order valence-electron chi connectivity index (χ0n) is 17.4. The summed E-state index contributed by atoms with van der Waals surface area (Å²) >= 11 is 1.52. The minimum atomic E-state index is -3.58. The van der Waals surface area contributed by atoms with Crippen molar-refractivity contribution < 1.29 is 13.2 Å². The summed E-state index contributed by atoms with van der Waals surface area (Å²) < 4.78 is 25.6. The molecule has 0 aliphatic heterocycles. The molecule has 0 radical (unpaired) electrons. The van der Waals surface area contributed by atoms with Gasteiger partial charge in [-0.1, -0.05) is 18.2 Å². The number of thioether (sulfide) groups is 1. The Kier molecular flexibility index (Phi) is 8.40. The minimum Gasteiger partial charge on any atom is -0.372 e. The number of hydrogen-bond acceptors (Lipinski definition) is 5. The molecule has 8 heteroatoms. The Labute approximate surface area is 178 Å². The van der Waals surface area contributed by atoms with Crippen LogP contribution in [0.15, 0.2) is 53.4 Å². The Balaban J connectivity index is 2.03. The van der Waals surface area contributed by atoms with Crippen LogP contribution in [0.5, 0.6) is 0 Å². The van der Waals surface area contributed by atoms with Crippen molar-refractivity contribution in [1.82, 2.24) is 5.32 Å². The third-order valence-electron chi connectivity index (χ3n) is 4.58. The number of sulfonamides is 1. The summed E-state index contributed by atoms with van der Waals surface area (Å²) in [5.41, 5.74) is 2.59. The highest BCUT2D eigenvalue weighted by molar-refractivity contribution is 7.98. The molecule has 0 bridgehead atoms. The average molecular weight is 436 g/mol. The van der Waals surface area contributed by atoms with Gasteiger partial charge in [0, 0.05) is 30.2 Å². The first-order valence-electron chi connectivity index (χ1n) is 9.50. The highest BCUT2D eigenvalue weighted by Crippen LogP contribution is 2.23. The summed E-state index contributed by atoms with van der Waals surface area (Å²) in [6.45, 7) is 6.19. The molecule has 6 nitrogen and oxygen atoms in total. The molecule has 1 amide bonds. The van der Waals surface area contributed by atoms with Crippen molar-refractivity contribution in [3.8, 4) is 0 Å². The van der Waals surface area contributed by atoms with Gasteiger partial charge in [-0.25, -0.2) is 8.42 Å². The van der Waals surface area contributed by atoms with Gasteiger partial charge in [-0.3, -0.25) is 9.10 Å². The molecule has 0 spiro atoms. The van der Waals surface area contributed by atoms with E-state index in [9.17, 15) is 13.2 Å². The molecule has 2 rings (SSSR count). The quantitative estimate of drug-likeness (QED) is 0.580. The van der Waals surface area contributed by atoms with Gasteiger partial charge in [0.2, 0.25) is 15.9 Å². The highest BCUT2D eigenvalue weighted by Gasteiger charge is 2.21. The number of carbonyl (C=O) groups excluding carboxylic acids is 1. The molecule has 0 aliphatic carbocycles. The summed E-state index contributed by atoms with van der Waals surface area (Å²) in [6.07, 6.45) is 3.03. The maximum Gasteiger partial charge on any atom is 0.241 e. The van der Waals surface area contributed by atoms with Gasteiger partial charge in [0.1, 0.15) is 6.54 Å². The van der Waals surface area contributed by atoms with Crippen molar-refractivity contribution in [1.29, 1.82) is 0 Å². The number of rotatable bonds is 10. The topological polar surface area (TPSA) is 69.7 Å². The second-order valence-corrected chi connectivity index (χ2v) is 9.37. The summed E-state index contributed by atoms with van der Waals surface area (Å²) in [4.78, 5) is 15.6. The minimum absolute atomic E-state index is 0.256. The van der Waals surface area contributed by atoms with Gasteiger partial charge >= 0.3 is 0 Å². The van der Waals surface area contributed by atoms with Gasteiger partial charge in [-0.05, 0) is 56.0 Å². The molecule has 2 aromatic carbocycles. The van der Waals surface area contributed by atoms with E-state index in [4.69, 9.17) is 0 Å². The van der Waals surface area contributed by atoms with Crippen LogP contribution >= 0.6 is 11.8 Å². The van der Waals surface area contributed by atoms with E-state index in [1.54, 1.807) is 18.2 Å². The molecule has 0 aliphatic rings. The molecule has 0 unspecified atom stereocenters. The van der Waals surface area contributed by atoms with Gasteiger partial charge in [0.25, 0.3) is 0 Å². The fourth-order valence-corrected chi connectivity index (χ4v) is 4.27. The fourth-order valence-electron chi connectivity index (χ4n) is 2.97. The third-order valence-corrected chi connectivity index (χ3v) is 6.45. The largest absolute Gasteiger partial charge is 0.372 e. The van der Waals surface area contributed by atoms with Crippen LogP contribution in [0.3, 0.4) is 0 Å². The molecule has 0 fully saturated rings. The molecule has 29 heavy (non-hydrogen) atoms. The van der Waals surface area contributed by atoms with Crippen LogP contribution < -0.4 is 14.5 Å². The lowest BCUT2D eigenvalue weighted by molar-refractivity contribution is -0.119. The monoisotopic (exact) mass is 435 g/mol. The van der Waals surface area contributed by atoms with E-state index in [1.165, 1.54) is 11.8 Å². The number of anilines is 2. The van der Waals surface area contributed by atoms with E-state index < -0.39 is 10.0 Å². The molecule has 1 N–H and O–H groups in total. The first-order chi connectivity index (χ1) is 13.8. The predicted molar refractivity (Wildman–Crippen MR) is 122 cm³/mol. The lowest BCUT2D eigenvalue weighted by Crippen LogP contribution is -2.40. The van der Waals surface area contributed by atoms with Gasteiger partial charge in [0.05, 0.1) is 11.9 Å². The summed E-state index contributed by atoms with van der Waals surface area (Å²) in [5, 5.41) is 2.81. The Hall–Kier alpha value is -2.19. The lowest BCUT2D eigenvalue weighted by Gasteiger charge is -2.22. The van der Waals surface area contributed by atoms with Crippen molar-refractivity contribution in [2.75, 3.05) is 41.4 Å². The number of nitrogens with zero attached hydrogens (tertiary/aromatic N) is 2. The van der Waals surface area contributed by atoms with Crippen LogP contribution in [0, 0.1) is 0 Å². The normalized spacial score (nSPS) is 11.2. The molecule has 0 atom stereocenters. The molecule has 2 aromatic rings. The van der Waals surface area contributed by atoms with Crippen LogP contribution in [0.4, 0.5) is 11.4 Å². The lowest BCUT2D eigenvalue weighted by atomic mass is 10.2. The smallest absolute Gasteiger partial charge is 0.241 e. The highest BCUT2D eigenvalue weighted by atomic mass is 32.2. The Bertz CT molecular complexity index is 911. The Morgan fingerprint density at radius 2 is 1.69 bits per heavy atom. The molecule has 0 saturated heterocycles. The van der Waals surface area contributed by atoms with Gasteiger partial charge in [-0.15, -0.1) is 11.8 Å². The second-order valence-electron chi connectivity index (χ2n) is 6.59. The van der Waals surface area contributed by atoms with E-state index in [0.29, 0.717) is 12.2 Å². The third kappa shape index (κ3) is 6.68.